The number of alkyl halides is 3. The van der Waals surface area contributed by atoms with Crippen LogP contribution in [0.4, 0.5) is 13.2 Å². The van der Waals surface area contributed by atoms with E-state index in [0.29, 0.717) is 11.4 Å². The van der Waals surface area contributed by atoms with Crippen molar-refractivity contribution in [2.24, 2.45) is 5.73 Å². The first-order chi connectivity index (χ1) is 6.88. The first-order valence-corrected chi connectivity index (χ1v) is 4.64. The molecule has 0 saturated heterocycles. The SMILES string of the molecule is Cc1ncn(C(CCN)C(F)(F)F)c1C. The number of hydrogen-bond acceptors (Lipinski definition) is 2. The maximum Gasteiger partial charge on any atom is 0.409 e. The number of rotatable bonds is 3. The second-order valence-electron chi connectivity index (χ2n) is 3.46. The normalized spacial score (nSPS) is 14.3. The zero-order chi connectivity index (χ0) is 11.6. The molecule has 1 unspecified atom stereocenters. The third kappa shape index (κ3) is 2.50. The summed E-state index contributed by atoms with van der Waals surface area (Å²) in [6.07, 6.45) is -3.18. The topological polar surface area (TPSA) is 43.8 Å². The highest BCUT2D eigenvalue weighted by Crippen LogP contribution is 2.33. The summed E-state index contributed by atoms with van der Waals surface area (Å²) in [4.78, 5) is 3.85. The average molecular weight is 221 g/mol. The molecule has 0 bridgehead atoms. The van der Waals surface area contributed by atoms with E-state index in [1.54, 1.807) is 13.8 Å². The minimum absolute atomic E-state index is 0.000838. The highest BCUT2D eigenvalue weighted by atomic mass is 19.4. The largest absolute Gasteiger partial charge is 0.409 e. The van der Waals surface area contributed by atoms with Crippen molar-refractivity contribution in [3.05, 3.63) is 17.7 Å². The monoisotopic (exact) mass is 221 g/mol. The van der Waals surface area contributed by atoms with E-state index in [4.69, 9.17) is 5.73 Å². The van der Waals surface area contributed by atoms with Gasteiger partial charge < -0.3 is 10.3 Å². The van der Waals surface area contributed by atoms with Crippen LogP contribution in [0.1, 0.15) is 23.9 Å². The van der Waals surface area contributed by atoms with Crippen LogP contribution >= 0.6 is 0 Å². The molecule has 0 aliphatic rings. The van der Waals surface area contributed by atoms with Gasteiger partial charge in [-0.3, -0.25) is 0 Å². The molecule has 1 atom stereocenters. The van der Waals surface area contributed by atoms with E-state index >= 15 is 0 Å². The summed E-state index contributed by atoms with van der Waals surface area (Å²) in [6, 6.07) is -1.57. The molecule has 0 saturated carbocycles. The fourth-order valence-corrected chi connectivity index (χ4v) is 1.45. The molecule has 2 N–H and O–H groups in total. The number of nitrogens with two attached hydrogens (primary N) is 1. The second kappa shape index (κ2) is 4.22. The third-order valence-corrected chi connectivity index (χ3v) is 2.44. The first kappa shape index (κ1) is 12.0. The van der Waals surface area contributed by atoms with Gasteiger partial charge in [-0.25, -0.2) is 4.98 Å². The van der Waals surface area contributed by atoms with E-state index in [2.05, 4.69) is 4.98 Å². The van der Waals surface area contributed by atoms with Crippen molar-refractivity contribution < 1.29 is 13.2 Å². The van der Waals surface area contributed by atoms with Crippen molar-refractivity contribution in [1.29, 1.82) is 0 Å². The van der Waals surface area contributed by atoms with Gasteiger partial charge in [0.1, 0.15) is 6.04 Å². The van der Waals surface area contributed by atoms with Gasteiger partial charge in [-0.1, -0.05) is 0 Å². The average Bonchev–Trinajstić information content (AvgIpc) is 2.43. The van der Waals surface area contributed by atoms with Gasteiger partial charge in [0.2, 0.25) is 0 Å². The van der Waals surface area contributed by atoms with E-state index in [1.807, 2.05) is 0 Å². The van der Waals surface area contributed by atoms with Crippen molar-refractivity contribution in [3.8, 4) is 0 Å². The lowest BCUT2D eigenvalue weighted by Gasteiger charge is -2.22. The van der Waals surface area contributed by atoms with Gasteiger partial charge in [0.05, 0.1) is 12.0 Å². The van der Waals surface area contributed by atoms with Crippen LogP contribution in [0.3, 0.4) is 0 Å². The van der Waals surface area contributed by atoms with Gasteiger partial charge in [-0.15, -0.1) is 0 Å². The molecule has 1 rings (SSSR count). The molecule has 0 aliphatic carbocycles. The van der Waals surface area contributed by atoms with Crippen LogP contribution in [0.2, 0.25) is 0 Å². The molecule has 0 radical (unpaired) electrons. The molecule has 1 aromatic heterocycles. The summed E-state index contributed by atoms with van der Waals surface area (Å²) in [5, 5.41) is 0. The van der Waals surface area contributed by atoms with Crippen LogP contribution in [0, 0.1) is 13.8 Å². The van der Waals surface area contributed by atoms with Gasteiger partial charge in [0.15, 0.2) is 0 Å². The van der Waals surface area contributed by atoms with Crippen molar-refractivity contribution >= 4 is 0 Å². The Balaban J connectivity index is 3.05. The molecule has 0 aliphatic heterocycles. The van der Waals surface area contributed by atoms with E-state index in [-0.39, 0.29) is 13.0 Å². The zero-order valence-electron chi connectivity index (χ0n) is 8.67. The van der Waals surface area contributed by atoms with Crippen LogP contribution in [0.25, 0.3) is 0 Å². The number of halogens is 3. The predicted molar refractivity (Wildman–Crippen MR) is 50.5 cm³/mol. The molecular weight excluding hydrogens is 207 g/mol. The van der Waals surface area contributed by atoms with E-state index in [9.17, 15) is 13.2 Å². The molecule has 6 heteroatoms. The van der Waals surface area contributed by atoms with E-state index in [1.165, 1.54) is 6.33 Å². The Morgan fingerprint density at radius 2 is 2.07 bits per heavy atom. The van der Waals surface area contributed by atoms with Gasteiger partial charge in [0.25, 0.3) is 0 Å². The van der Waals surface area contributed by atoms with Crippen molar-refractivity contribution in [2.75, 3.05) is 6.54 Å². The number of aromatic nitrogens is 2. The molecule has 0 aromatic carbocycles. The maximum absolute atomic E-state index is 12.7. The van der Waals surface area contributed by atoms with Crippen LogP contribution < -0.4 is 5.73 Å². The Bertz CT molecular complexity index is 330. The third-order valence-electron chi connectivity index (χ3n) is 2.44. The lowest BCUT2D eigenvalue weighted by Crippen LogP contribution is -2.29. The van der Waals surface area contributed by atoms with Crippen LogP contribution in [0.15, 0.2) is 6.33 Å². The lowest BCUT2D eigenvalue weighted by molar-refractivity contribution is -0.169. The molecular formula is C9H14F3N3. The molecule has 0 amide bonds. The Morgan fingerprint density at radius 1 is 1.47 bits per heavy atom. The second-order valence-corrected chi connectivity index (χ2v) is 3.46. The summed E-state index contributed by atoms with van der Waals surface area (Å²) in [5.41, 5.74) is 6.33. The van der Waals surface area contributed by atoms with E-state index < -0.39 is 12.2 Å². The number of nitrogens with zero attached hydrogens (tertiary/aromatic N) is 2. The summed E-state index contributed by atoms with van der Waals surface area (Å²) in [7, 11) is 0. The van der Waals surface area contributed by atoms with E-state index in [0.717, 1.165) is 4.57 Å². The fraction of sp³-hybridized carbons (Fsp3) is 0.667. The van der Waals surface area contributed by atoms with Crippen molar-refractivity contribution in [1.82, 2.24) is 9.55 Å². The lowest BCUT2D eigenvalue weighted by atomic mass is 10.2. The molecule has 3 nitrogen and oxygen atoms in total. The summed E-state index contributed by atoms with van der Waals surface area (Å²) in [6.45, 7) is 3.31. The van der Waals surface area contributed by atoms with Gasteiger partial charge in [-0.2, -0.15) is 13.2 Å². The van der Waals surface area contributed by atoms with Crippen LogP contribution in [-0.4, -0.2) is 22.3 Å². The molecule has 0 fully saturated rings. The maximum atomic E-state index is 12.7. The minimum Gasteiger partial charge on any atom is -0.330 e. The Labute approximate surface area is 86.1 Å². The number of aryl methyl sites for hydroxylation is 1. The molecule has 1 aromatic rings. The molecule has 1 heterocycles. The fourth-order valence-electron chi connectivity index (χ4n) is 1.45. The molecule has 86 valence electrons. The Kier molecular flexibility index (Phi) is 3.38. The van der Waals surface area contributed by atoms with Gasteiger partial charge >= 0.3 is 6.18 Å². The molecule has 0 spiro atoms. The Morgan fingerprint density at radius 3 is 2.40 bits per heavy atom. The highest BCUT2D eigenvalue weighted by Gasteiger charge is 2.40. The predicted octanol–water partition coefficient (Wildman–Crippen LogP) is 1.95. The summed E-state index contributed by atoms with van der Waals surface area (Å²) in [5.74, 6) is 0. The smallest absolute Gasteiger partial charge is 0.330 e. The van der Waals surface area contributed by atoms with Crippen LogP contribution in [0.5, 0.6) is 0 Å². The number of hydrogen-bond donors (Lipinski definition) is 1. The van der Waals surface area contributed by atoms with Crippen molar-refractivity contribution in [3.63, 3.8) is 0 Å². The van der Waals surface area contributed by atoms with Gasteiger partial charge in [-0.05, 0) is 26.8 Å². The highest BCUT2D eigenvalue weighted by molar-refractivity contribution is 5.10. The Hall–Kier alpha value is -1.04. The van der Waals surface area contributed by atoms with Crippen molar-refractivity contribution in [2.45, 2.75) is 32.5 Å². The summed E-state index contributed by atoms with van der Waals surface area (Å²) < 4.78 is 39.2. The van der Waals surface area contributed by atoms with Crippen LogP contribution in [-0.2, 0) is 0 Å². The standard InChI is InChI=1S/C9H14F3N3/c1-6-7(2)15(5-14-6)8(3-4-13)9(10,11)12/h5,8H,3-4,13H2,1-2H3. The first-order valence-electron chi connectivity index (χ1n) is 4.64. The number of imidazole rings is 1. The quantitative estimate of drug-likeness (QED) is 0.847. The molecule has 15 heavy (non-hydrogen) atoms. The zero-order valence-corrected chi connectivity index (χ0v) is 8.67. The minimum atomic E-state index is -4.28. The van der Waals surface area contributed by atoms with Gasteiger partial charge in [0, 0.05) is 5.69 Å². The summed E-state index contributed by atoms with van der Waals surface area (Å²) >= 11 is 0.